The van der Waals surface area contributed by atoms with Gasteiger partial charge in [-0.2, -0.15) is 4.90 Å². The zero-order chi connectivity index (χ0) is 13.3. The molecule has 1 heterocycles. The largest absolute Gasteiger partial charge is 0.494 e. The maximum Gasteiger partial charge on any atom is 0.494 e. The Morgan fingerprint density at radius 3 is 2.16 bits per heavy atom. The van der Waals surface area contributed by atoms with Crippen molar-refractivity contribution in [3.63, 3.8) is 0 Å². The highest BCUT2D eigenvalue weighted by Crippen LogP contribution is 2.38. The topological polar surface area (TPSA) is 37.4 Å². The van der Waals surface area contributed by atoms with Crippen LogP contribution in [0.4, 0.5) is 18.0 Å². The van der Waals surface area contributed by atoms with Gasteiger partial charge in [0.25, 0.3) is 5.91 Å². The normalized spacial score (nSPS) is 17.8. The van der Waals surface area contributed by atoms with Crippen LogP contribution in [0.1, 0.15) is 5.56 Å². The third-order valence-electron chi connectivity index (χ3n) is 2.14. The monoisotopic (exact) mass is 309 g/mol. The Balaban J connectivity index is 0.00000180. The number of carbonyl (C=O) groups is 2. The van der Waals surface area contributed by atoms with Gasteiger partial charge in [0.1, 0.15) is 0 Å². The third-order valence-corrected chi connectivity index (χ3v) is 3.01. The van der Waals surface area contributed by atoms with Gasteiger partial charge < -0.3 is 0 Å². The summed E-state index contributed by atoms with van der Waals surface area (Å²) in [6, 6.07) is 8.35. The molecule has 3 nitrogen and oxygen atoms in total. The van der Waals surface area contributed by atoms with Gasteiger partial charge in [-0.1, -0.05) is 30.3 Å². The van der Waals surface area contributed by atoms with Crippen molar-refractivity contribution in [3.8, 4) is 0 Å². The number of amides is 2. The Hall–Kier alpha value is -1.47. The molecule has 0 aliphatic carbocycles. The lowest BCUT2D eigenvalue weighted by molar-refractivity contribution is -0.216. The number of benzene rings is 1. The summed E-state index contributed by atoms with van der Waals surface area (Å²) >= 11 is 0.282. The molecule has 1 aliphatic heterocycles. The maximum absolute atomic E-state index is 12.4. The molecule has 1 fully saturated rings. The predicted molar refractivity (Wildman–Crippen MR) is 67.6 cm³/mol. The summed E-state index contributed by atoms with van der Waals surface area (Å²) in [5.41, 5.74) is 0.560. The lowest BCUT2D eigenvalue weighted by Crippen LogP contribution is -2.41. The molecule has 2 rings (SSSR count). The molecule has 0 radical (unpaired) electrons. The fourth-order valence-corrected chi connectivity index (χ4v) is 2.23. The molecule has 102 valence electrons. The van der Waals surface area contributed by atoms with Gasteiger partial charge in [-0.3, -0.25) is 9.59 Å². The fourth-order valence-electron chi connectivity index (χ4n) is 1.39. The molecule has 1 aromatic carbocycles. The highest BCUT2D eigenvalue weighted by atomic mass is 35.5. The van der Waals surface area contributed by atoms with Crippen molar-refractivity contribution < 1.29 is 22.8 Å². The number of hydrogen-bond acceptors (Lipinski definition) is 3. The van der Waals surface area contributed by atoms with E-state index in [4.69, 9.17) is 0 Å². The SMILES string of the molecule is Cl.O=C1SC(=Cc2ccccc2)C(=O)N1C(F)(F)F. The predicted octanol–water partition coefficient (Wildman–Crippen LogP) is 3.66. The Morgan fingerprint density at radius 1 is 1.11 bits per heavy atom. The van der Waals surface area contributed by atoms with Crippen LogP contribution in [0.2, 0.25) is 0 Å². The number of alkyl halides is 3. The molecule has 0 atom stereocenters. The van der Waals surface area contributed by atoms with E-state index in [-0.39, 0.29) is 29.1 Å². The molecule has 19 heavy (non-hydrogen) atoms. The van der Waals surface area contributed by atoms with Crippen LogP contribution >= 0.6 is 24.2 Å². The van der Waals surface area contributed by atoms with E-state index in [1.54, 1.807) is 30.3 Å². The van der Waals surface area contributed by atoms with Gasteiger partial charge in [0.05, 0.1) is 4.91 Å². The molecule has 0 bridgehead atoms. The summed E-state index contributed by atoms with van der Waals surface area (Å²) in [5, 5.41) is -1.32. The van der Waals surface area contributed by atoms with Crippen LogP contribution in [0, 0.1) is 0 Å². The number of nitrogens with zero attached hydrogens (tertiary/aromatic N) is 1. The summed E-state index contributed by atoms with van der Waals surface area (Å²) < 4.78 is 37.3. The van der Waals surface area contributed by atoms with Crippen LogP contribution in [0.5, 0.6) is 0 Å². The lowest BCUT2D eigenvalue weighted by atomic mass is 10.2. The number of halogens is 4. The van der Waals surface area contributed by atoms with E-state index in [9.17, 15) is 22.8 Å². The summed E-state index contributed by atoms with van der Waals surface area (Å²) in [4.78, 5) is 21.7. The van der Waals surface area contributed by atoms with Crippen LogP contribution in [0.3, 0.4) is 0 Å². The molecule has 0 N–H and O–H groups in total. The maximum atomic E-state index is 12.4. The molecule has 0 spiro atoms. The first-order valence-electron chi connectivity index (χ1n) is 4.79. The van der Waals surface area contributed by atoms with E-state index >= 15 is 0 Å². The fraction of sp³-hybridized carbons (Fsp3) is 0.0909. The zero-order valence-electron chi connectivity index (χ0n) is 9.18. The zero-order valence-corrected chi connectivity index (χ0v) is 10.8. The minimum absolute atomic E-state index is 0. The number of imide groups is 1. The van der Waals surface area contributed by atoms with Crippen molar-refractivity contribution in [2.75, 3.05) is 0 Å². The molecule has 2 amide bonds. The number of rotatable bonds is 1. The Kier molecular flexibility index (Phi) is 4.65. The van der Waals surface area contributed by atoms with Gasteiger partial charge in [-0.15, -0.1) is 25.6 Å². The van der Waals surface area contributed by atoms with E-state index in [2.05, 4.69) is 0 Å². The van der Waals surface area contributed by atoms with Crippen molar-refractivity contribution in [2.24, 2.45) is 0 Å². The first kappa shape index (κ1) is 15.6. The first-order chi connectivity index (χ1) is 8.39. The molecular weight excluding hydrogens is 303 g/mol. The summed E-state index contributed by atoms with van der Waals surface area (Å²) in [6.45, 7) is 0. The van der Waals surface area contributed by atoms with Crippen molar-refractivity contribution >= 4 is 41.4 Å². The molecule has 0 aromatic heterocycles. The van der Waals surface area contributed by atoms with Gasteiger partial charge in [0.15, 0.2) is 0 Å². The minimum Gasteiger partial charge on any atom is -0.268 e. The van der Waals surface area contributed by atoms with Gasteiger partial charge in [-0.05, 0) is 23.4 Å². The van der Waals surface area contributed by atoms with Crippen molar-refractivity contribution in [2.45, 2.75) is 6.30 Å². The Bertz CT molecular complexity index is 530. The average Bonchev–Trinajstić information content (AvgIpc) is 2.54. The van der Waals surface area contributed by atoms with Gasteiger partial charge in [0.2, 0.25) is 0 Å². The Labute approximate surface area is 116 Å². The Morgan fingerprint density at radius 2 is 1.68 bits per heavy atom. The van der Waals surface area contributed by atoms with Gasteiger partial charge in [0, 0.05) is 0 Å². The molecule has 0 saturated carbocycles. The van der Waals surface area contributed by atoms with E-state index in [0.29, 0.717) is 5.56 Å². The van der Waals surface area contributed by atoms with E-state index in [0.717, 1.165) is 0 Å². The average molecular weight is 310 g/mol. The number of thioether (sulfide) groups is 1. The standard InChI is InChI=1S/C11H6F3NO2S.ClH/c12-11(13,14)15-9(16)8(18-10(15)17)6-7-4-2-1-3-5-7;/h1-6H;1H. The highest BCUT2D eigenvalue weighted by Gasteiger charge is 2.51. The molecule has 1 saturated heterocycles. The molecule has 0 unspecified atom stereocenters. The van der Waals surface area contributed by atoms with Crippen LogP contribution in [-0.2, 0) is 4.79 Å². The summed E-state index contributed by atoms with van der Waals surface area (Å²) in [7, 11) is 0. The van der Waals surface area contributed by atoms with Crippen molar-refractivity contribution in [3.05, 3.63) is 40.8 Å². The summed E-state index contributed by atoms with van der Waals surface area (Å²) in [5.74, 6) is -1.33. The van der Waals surface area contributed by atoms with E-state index < -0.39 is 22.3 Å². The number of hydrogen-bond donors (Lipinski definition) is 0. The first-order valence-corrected chi connectivity index (χ1v) is 5.61. The minimum atomic E-state index is -4.98. The van der Waals surface area contributed by atoms with Crippen LogP contribution in [0.25, 0.3) is 6.08 Å². The van der Waals surface area contributed by atoms with Crippen molar-refractivity contribution in [1.82, 2.24) is 4.90 Å². The molecule has 1 aromatic rings. The van der Waals surface area contributed by atoms with Crippen LogP contribution in [0.15, 0.2) is 35.2 Å². The van der Waals surface area contributed by atoms with Gasteiger partial charge in [-0.25, -0.2) is 0 Å². The smallest absolute Gasteiger partial charge is 0.268 e. The van der Waals surface area contributed by atoms with Gasteiger partial charge >= 0.3 is 11.5 Å². The second-order valence-corrected chi connectivity index (χ2v) is 4.39. The highest BCUT2D eigenvalue weighted by molar-refractivity contribution is 8.18. The van der Waals surface area contributed by atoms with E-state index in [1.165, 1.54) is 6.08 Å². The van der Waals surface area contributed by atoms with Crippen LogP contribution < -0.4 is 0 Å². The summed E-state index contributed by atoms with van der Waals surface area (Å²) in [6.07, 6.45) is -3.72. The quantitative estimate of drug-likeness (QED) is 0.587. The van der Waals surface area contributed by atoms with E-state index in [1.807, 2.05) is 0 Å². The molecule has 1 aliphatic rings. The molecular formula is C11H7ClF3NO2S. The van der Waals surface area contributed by atoms with Crippen molar-refractivity contribution in [1.29, 1.82) is 0 Å². The lowest BCUT2D eigenvalue weighted by Gasteiger charge is -2.15. The second kappa shape index (κ2) is 5.66. The third kappa shape index (κ3) is 3.30. The molecule has 8 heteroatoms. The number of carbonyl (C=O) groups excluding carboxylic acids is 2. The second-order valence-electron chi connectivity index (χ2n) is 3.40. The van der Waals surface area contributed by atoms with Crippen LogP contribution in [-0.4, -0.2) is 22.3 Å².